The van der Waals surface area contributed by atoms with E-state index in [-0.39, 0.29) is 6.04 Å². The molecule has 2 rings (SSSR count). The van der Waals surface area contributed by atoms with Gasteiger partial charge in [-0.2, -0.15) is 0 Å². The fraction of sp³-hybridized carbons (Fsp3) is 0.571. The molecule has 2 aromatic rings. The number of rotatable bonds is 9. The second kappa shape index (κ2) is 8.01. The summed E-state index contributed by atoms with van der Waals surface area (Å²) in [7, 11) is 0. The standard InChI is InChI=1S/C14H22N4OS/c1-3-12(13-15-8-11-20-13)18-9-7-17-14(18)16-6-5-10-19-4-2/h7-9,11-12H,3-6,10H2,1-2H3,(H,16,17). The molecule has 1 N–H and O–H groups in total. The minimum absolute atomic E-state index is 0.256. The van der Waals surface area contributed by atoms with Gasteiger partial charge in [-0.05, 0) is 19.8 Å². The number of aromatic nitrogens is 3. The molecule has 1 atom stereocenters. The van der Waals surface area contributed by atoms with Crippen LogP contribution in [-0.2, 0) is 4.74 Å². The van der Waals surface area contributed by atoms with Gasteiger partial charge in [-0.1, -0.05) is 6.92 Å². The van der Waals surface area contributed by atoms with Gasteiger partial charge < -0.3 is 14.6 Å². The molecule has 0 aliphatic rings. The summed E-state index contributed by atoms with van der Waals surface area (Å²) in [6.07, 6.45) is 7.68. The Morgan fingerprint density at radius 1 is 1.35 bits per heavy atom. The summed E-state index contributed by atoms with van der Waals surface area (Å²) in [6.45, 7) is 6.61. The van der Waals surface area contributed by atoms with E-state index in [2.05, 4.69) is 26.8 Å². The number of anilines is 1. The summed E-state index contributed by atoms with van der Waals surface area (Å²) in [5, 5.41) is 6.52. The number of nitrogens with zero attached hydrogens (tertiary/aromatic N) is 3. The van der Waals surface area contributed by atoms with E-state index in [0.29, 0.717) is 0 Å². The van der Waals surface area contributed by atoms with Gasteiger partial charge in [0.25, 0.3) is 0 Å². The van der Waals surface area contributed by atoms with Crippen molar-refractivity contribution in [2.45, 2.75) is 32.7 Å². The van der Waals surface area contributed by atoms with Crippen LogP contribution in [0.1, 0.15) is 37.7 Å². The highest BCUT2D eigenvalue weighted by molar-refractivity contribution is 7.09. The Labute approximate surface area is 124 Å². The molecule has 2 aromatic heterocycles. The quantitative estimate of drug-likeness (QED) is 0.722. The van der Waals surface area contributed by atoms with Crippen molar-refractivity contribution in [1.82, 2.24) is 14.5 Å². The molecular weight excluding hydrogens is 272 g/mol. The van der Waals surface area contributed by atoms with Crippen molar-refractivity contribution < 1.29 is 4.74 Å². The monoisotopic (exact) mass is 294 g/mol. The van der Waals surface area contributed by atoms with E-state index in [1.54, 1.807) is 11.3 Å². The van der Waals surface area contributed by atoms with Crippen molar-refractivity contribution in [3.63, 3.8) is 0 Å². The molecule has 0 aliphatic carbocycles. The lowest BCUT2D eigenvalue weighted by Crippen LogP contribution is -2.15. The second-order valence-corrected chi connectivity index (χ2v) is 5.36. The van der Waals surface area contributed by atoms with Crippen molar-refractivity contribution in [2.24, 2.45) is 0 Å². The Hall–Kier alpha value is -1.40. The maximum Gasteiger partial charge on any atom is 0.203 e. The Balaban J connectivity index is 1.96. The molecule has 5 nitrogen and oxygen atoms in total. The van der Waals surface area contributed by atoms with Gasteiger partial charge in [0, 0.05) is 43.7 Å². The van der Waals surface area contributed by atoms with E-state index in [1.165, 1.54) is 0 Å². The molecule has 2 heterocycles. The zero-order chi connectivity index (χ0) is 14.2. The van der Waals surface area contributed by atoms with Crippen LogP contribution in [0.2, 0.25) is 0 Å². The molecule has 0 bridgehead atoms. The smallest absolute Gasteiger partial charge is 0.203 e. The molecule has 6 heteroatoms. The topological polar surface area (TPSA) is 52.0 Å². The van der Waals surface area contributed by atoms with Crippen molar-refractivity contribution in [3.05, 3.63) is 29.0 Å². The van der Waals surface area contributed by atoms with Crippen LogP contribution >= 0.6 is 11.3 Å². The number of ether oxygens (including phenoxy) is 1. The first-order chi connectivity index (χ1) is 9.86. The van der Waals surface area contributed by atoms with Gasteiger partial charge in [-0.15, -0.1) is 11.3 Å². The molecule has 0 fully saturated rings. The third kappa shape index (κ3) is 3.80. The summed E-state index contributed by atoms with van der Waals surface area (Å²) >= 11 is 1.69. The van der Waals surface area contributed by atoms with Gasteiger partial charge in [0.15, 0.2) is 0 Å². The van der Waals surface area contributed by atoms with Crippen LogP contribution < -0.4 is 5.32 Å². The predicted octanol–water partition coefficient (Wildman–Crippen LogP) is 3.18. The number of thiazole rings is 1. The van der Waals surface area contributed by atoms with E-state index in [0.717, 1.165) is 43.6 Å². The zero-order valence-electron chi connectivity index (χ0n) is 12.1. The predicted molar refractivity (Wildman–Crippen MR) is 82.4 cm³/mol. The Morgan fingerprint density at radius 2 is 2.25 bits per heavy atom. The van der Waals surface area contributed by atoms with E-state index in [9.17, 15) is 0 Å². The summed E-state index contributed by atoms with van der Waals surface area (Å²) in [4.78, 5) is 8.83. The first-order valence-electron chi connectivity index (χ1n) is 7.10. The molecule has 0 spiro atoms. The minimum Gasteiger partial charge on any atom is -0.382 e. The normalized spacial score (nSPS) is 12.5. The zero-order valence-corrected chi connectivity index (χ0v) is 12.9. The van der Waals surface area contributed by atoms with Gasteiger partial charge >= 0.3 is 0 Å². The van der Waals surface area contributed by atoms with Crippen molar-refractivity contribution in [2.75, 3.05) is 25.1 Å². The lowest BCUT2D eigenvalue weighted by atomic mass is 10.2. The van der Waals surface area contributed by atoms with Gasteiger partial charge in [0.05, 0.1) is 6.04 Å². The molecule has 1 unspecified atom stereocenters. The van der Waals surface area contributed by atoms with E-state index in [4.69, 9.17) is 4.74 Å². The summed E-state index contributed by atoms with van der Waals surface area (Å²) < 4.78 is 7.50. The average Bonchev–Trinajstić information content (AvgIpc) is 3.12. The number of hydrogen-bond acceptors (Lipinski definition) is 5. The fourth-order valence-electron chi connectivity index (χ4n) is 2.11. The number of nitrogens with one attached hydrogen (secondary N) is 1. The van der Waals surface area contributed by atoms with Crippen LogP contribution in [0.4, 0.5) is 5.95 Å². The molecular formula is C14H22N4OS. The van der Waals surface area contributed by atoms with Crippen molar-refractivity contribution >= 4 is 17.3 Å². The second-order valence-electron chi connectivity index (χ2n) is 4.43. The van der Waals surface area contributed by atoms with Gasteiger partial charge in [-0.3, -0.25) is 0 Å². The van der Waals surface area contributed by atoms with Crippen LogP contribution in [-0.4, -0.2) is 34.3 Å². The molecule has 0 aromatic carbocycles. The first-order valence-corrected chi connectivity index (χ1v) is 7.98. The highest BCUT2D eigenvalue weighted by Gasteiger charge is 2.16. The highest BCUT2D eigenvalue weighted by Crippen LogP contribution is 2.26. The van der Waals surface area contributed by atoms with Crippen LogP contribution in [0.25, 0.3) is 0 Å². The van der Waals surface area contributed by atoms with Crippen LogP contribution in [0.3, 0.4) is 0 Å². The maximum absolute atomic E-state index is 5.34. The third-order valence-corrected chi connectivity index (χ3v) is 3.96. The fourth-order valence-corrected chi connectivity index (χ4v) is 2.93. The lowest BCUT2D eigenvalue weighted by molar-refractivity contribution is 0.147. The molecule has 0 radical (unpaired) electrons. The Bertz CT molecular complexity index is 483. The average molecular weight is 294 g/mol. The van der Waals surface area contributed by atoms with Gasteiger partial charge in [0.2, 0.25) is 5.95 Å². The Morgan fingerprint density at radius 3 is 2.95 bits per heavy atom. The van der Waals surface area contributed by atoms with Crippen LogP contribution in [0.15, 0.2) is 24.0 Å². The van der Waals surface area contributed by atoms with E-state index < -0.39 is 0 Å². The first kappa shape index (κ1) is 15.0. The summed E-state index contributed by atoms with van der Waals surface area (Å²) in [5.74, 6) is 0.906. The van der Waals surface area contributed by atoms with E-state index >= 15 is 0 Å². The number of hydrogen-bond donors (Lipinski definition) is 1. The van der Waals surface area contributed by atoms with Gasteiger partial charge in [0.1, 0.15) is 5.01 Å². The highest BCUT2D eigenvalue weighted by atomic mass is 32.1. The molecule has 0 aliphatic heterocycles. The molecule has 110 valence electrons. The largest absolute Gasteiger partial charge is 0.382 e. The van der Waals surface area contributed by atoms with Crippen molar-refractivity contribution in [3.8, 4) is 0 Å². The number of imidazole rings is 1. The molecule has 0 saturated heterocycles. The lowest BCUT2D eigenvalue weighted by Gasteiger charge is -2.17. The van der Waals surface area contributed by atoms with Crippen molar-refractivity contribution in [1.29, 1.82) is 0 Å². The third-order valence-electron chi connectivity index (χ3n) is 3.08. The van der Waals surface area contributed by atoms with Gasteiger partial charge in [-0.25, -0.2) is 9.97 Å². The van der Waals surface area contributed by atoms with E-state index in [1.807, 2.05) is 30.9 Å². The SMILES string of the molecule is CCOCCCNc1nccn1C(CC)c1nccs1. The van der Waals surface area contributed by atoms with Crippen LogP contribution in [0, 0.1) is 0 Å². The molecule has 0 saturated carbocycles. The maximum atomic E-state index is 5.34. The minimum atomic E-state index is 0.256. The summed E-state index contributed by atoms with van der Waals surface area (Å²) in [5.41, 5.74) is 0. The molecule has 20 heavy (non-hydrogen) atoms. The molecule has 0 amide bonds. The Kier molecular flexibility index (Phi) is 6.01. The van der Waals surface area contributed by atoms with Crippen LogP contribution in [0.5, 0.6) is 0 Å². The summed E-state index contributed by atoms with van der Waals surface area (Å²) in [6, 6.07) is 0.256.